The van der Waals surface area contributed by atoms with Gasteiger partial charge < -0.3 is 15.0 Å². The predicted molar refractivity (Wildman–Crippen MR) is 112 cm³/mol. The molecule has 0 radical (unpaired) electrons. The molecule has 1 aromatic carbocycles. The first kappa shape index (κ1) is 17.4. The molecule has 1 aliphatic rings. The van der Waals surface area contributed by atoms with Crippen LogP contribution in [0.4, 0.5) is 11.5 Å². The van der Waals surface area contributed by atoms with Crippen molar-refractivity contribution in [2.75, 3.05) is 5.32 Å². The van der Waals surface area contributed by atoms with E-state index in [4.69, 9.17) is 0 Å². The molecule has 29 heavy (non-hydrogen) atoms. The van der Waals surface area contributed by atoms with Crippen molar-refractivity contribution < 1.29 is 9.90 Å². The minimum atomic E-state index is -0.968. The van der Waals surface area contributed by atoms with Crippen LogP contribution in [0, 0.1) is 0 Å². The van der Waals surface area contributed by atoms with E-state index in [2.05, 4.69) is 19.9 Å². The molecule has 2 N–H and O–H groups in total. The summed E-state index contributed by atoms with van der Waals surface area (Å²) in [5.74, 6) is -0.135. The van der Waals surface area contributed by atoms with Crippen molar-refractivity contribution in [1.82, 2.24) is 14.5 Å². The van der Waals surface area contributed by atoms with Crippen LogP contribution in [0.1, 0.15) is 40.4 Å². The highest BCUT2D eigenvalue weighted by atomic mass is 16.4. The van der Waals surface area contributed by atoms with E-state index in [0.29, 0.717) is 18.3 Å². The number of hydrogen-bond acceptors (Lipinski definition) is 4. The maximum Gasteiger partial charge on any atom is 0.339 e. The van der Waals surface area contributed by atoms with Crippen molar-refractivity contribution >= 4 is 28.4 Å². The van der Waals surface area contributed by atoms with Gasteiger partial charge in [0, 0.05) is 35.2 Å². The monoisotopic (exact) mass is 384 g/mol. The summed E-state index contributed by atoms with van der Waals surface area (Å²) in [4.78, 5) is 20.5. The van der Waals surface area contributed by atoms with Crippen LogP contribution < -0.4 is 5.32 Å². The number of carboxylic acid groups (broad SMARTS) is 1. The Labute approximate surface area is 167 Å². The quantitative estimate of drug-likeness (QED) is 0.499. The number of rotatable bonds is 6. The van der Waals surface area contributed by atoms with Crippen molar-refractivity contribution in [3.63, 3.8) is 0 Å². The predicted octanol–water partition coefficient (Wildman–Crippen LogP) is 4.80. The third kappa shape index (κ3) is 3.57. The first-order valence-electron chi connectivity index (χ1n) is 9.66. The molecule has 0 atom stereocenters. The van der Waals surface area contributed by atoms with Gasteiger partial charge in [0.2, 0.25) is 0 Å². The number of benzene rings is 1. The average Bonchev–Trinajstić information content (AvgIpc) is 3.51. The van der Waals surface area contributed by atoms with Crippen LogP contribution in [-0.2, 0) is 6.54 Å². The first-order valence-corrected chi connectivity index (χ1v) is 9.66. The van der Waals surface area contributed by atoms with E-state index in [-0.39, 0.29) is 5.56 Å². The number of aromatic nitrogens is 3. The molecule has 0 amide bonds. The molecule has 1 aliphatic carbocycles. The zero-order valence-electron chi connectivity index (χ0n) is 15.7. The minimum absolute atomic E-state index is 0.210. The van der Waals surface area contributed by atoms with Gasteiger partial charge in [0.1, 0.15) is 11.4 Å². The van der Waals surface area contributed by atoms with Crippen molar-refractivity contribution in [2.45, 2.75) is 25.3 Å². The lowest BCUT2D eigenvalue weighted by Gasteiger charge is -2.11. The normalized spacial score (nSPS) is 13.5. The zero-order chi connectivity index (χ0) is 19.8. The van der Waals surface area contributed by atoms with Gasteiger partial charge in [0.15, 0.2) is 0 Å². The fourth-order valence-electron chi connectivity index (χ4n) is 3.60. The van der Waals surface area contributed by atoms with Gasteiger partial charge >= 0.3 is 5.97 Å². The lowest BCUT2D eigenvalue weighted by molar-refractivity contribution is 0.0697. The van der Waals surface area contributed by atoms with Gasteiger partial charge in [-0.05, 0) is 66.8 Å². The van der Waals surface area contributed by atoms with E-state index in [0.717, 1.165) is 40.7 Å². The number of nitrogens with zero attached hydrogens (tertiary/aromatic N) is 3. The van der Waals surface area contributed by atoms with Crippen molar-refractivity contribution in [3.8, 4) is 0 Å². The highest BCUT2D eigenvalue weighted by molar-refractivity contribution is 5.94. The number of pyridine rings is 2. The molecule has 6 nitrogen and oxygen atoms in total. The summed E-state index contributed by atoms with van der Waals surface area (Å²) in [6.45, 7) is 0.699. The second-order valence-corrected chi connectivity index (χ2v) is 7.41. The van der Waals surface area contributed by atoms with Crippen molar-refractivity contribution in [1.29, 1.82) is 0 Å². The number of anilines is 2. The van der Waals surface area contributed by atoms with Gasteiger partial charge in [-0.15, -0.1) is 0 Å². The molecule has 1 fully saturated rings. The molecule has 6 heteroatoms. The van der Waals surface area contributed by atoms with E-state index < -0.39 is 5.97 Å². The highest BCUT2D eigenvalue weighted by Gasteiger charge is 2.26. The molecule has 0 saturated heterocycles. The molecule has 1 saturated carbocycles. The second kappa shape index (κ2) is 7.05. The Bertz CT molecular complexity index is 1200. The molecule has 3 aromatic heterocycles. The Morgan fingerprint density at radius 1 is 1.14 bits per heavy atom. The van der Waals surface area contributed by atoms with Crippen LogP contribution in [0.2, 0.25) is 0 Å². The van der Waals surface area contributed by atoms with Crippen LogP contribution in [0.15, 0.2) is 67.1 Å². The zero-order valence-corrected chi connectivity index (χ0v) is 15.7. The summed E-state index contributed by atoms with van der Waals surface area (Å²) in [6, 6.07) is 15.7. The molecule has 144 valence electrons. The molecule has 0 aliphatic heterocycles. The van der Waals surface area contributed by atoms with E-state index in [9.17, 15) is 9.90 Å². The van der Waals surface area contributed by atoms with E-state index in [1.54, 1.807) is 18.5 Å². The summed E-state index contributed by atoms with van der Waals surface area (Å²) >= 11 is 0. The van der Waals surface area contributed by atoms with Crippen LogP contribution in [0.3, 0.4) is 0 Å². The Kier molecular flexibility index (Phi) is 4.24. The molecule has 5 rings (SSSR count). The largest absolute Gasteiger partial charge is 0.478 e. The Morgan fingerprint density at radius 2 is 2.03 bits per heavy atom. The molecular formula is C23H20N4O2. The average molecular weight is 384 g/mol. The smallest absolute Gasteiger partial charge is 0.339 e. The van der Waals surface area contributed by atoms with E-state index in [1.165, 1.54) is 0 Å². The fraction of sp³-hybridized carbons (Fsp3) is 0.174. The molecular weight excluding hydrogens is 364 g/mol. The number of aromatic carboxylic acids is 1. The van der Waals surface area contributed by atoms with Gasteiger partial charge in [0.25, 0.3) is 0 Å². The molecule has 4 aromatic rings. The summed E-state index contributed by atoms with van der Waals surface area (Å²) in [6.07, 6.45) is 7.84. The Hall–Kier alpha value is -3.67. The van der Waals surface area contributed by atoms with E-state index in [1.807, 2.05) is 48.7 Å². The van der Waals surface area contributed by atoms with Crippen LogP contribution in [-0.4, -0.2) is 25.6 Å². The summed E-state index contributed by atoms with van der Waals surface area (Å²) in [5.41, 5.74) is 4.12. The van der Waals surface area contributed by atoms with Crippen LogP contribution >= 0.6 is 0 Å². The Morgan fingerprint density at radius 3 is 2.79 bits per heavy atom. The van der Waals surface area contributed by atoms with E-state index >= 15 is 0 Å². The van der Waals surface area contributed by atoms with Crippen molar-refractivity contribution in [2.24, 2.45) is 0 Å². The standard InChI is InChI=1S/C23H20N4O2/c28-23(29)20-12-17(15-4-5-15)13-25-22(20)26-18-6-7-21-16(11-18)8-10-27(21)14-19-3-1-2-9-24-19/h1-3,6-13,15H,4-5,14H2,(H,25,26)(H,28,29). The Balaban J connectivity index is 1.42. The summed E-state index contributed by atoms with van der Waals surface area (Å²) < 4.78 is 2.15. The summed E-state index contributed by atoms with van der Waals surface area (Å²) in [5, 5.41) is 13.8. The van der Waals surface area contributed by atoms with Gasteiger partial charge in [-0.2, -0.15) is 0 Å². The molecule has 0 spiro atoms. The molecule has 0 unspecified atom stereocenters. The minimum Gasteiger partial charge on any atom is -0.478 e. The number of fused-ring (bicyclic) bond motifs is 1. The number of hydrogen-bond donors (Lipinski definition) is 2. The summed E-state index contributed by atoms with van der Waals surface area (Å²) in [7, 11) is 0. The number of nitrogens with one attached hydrogen (secondary N) is 1. The topological polar surface area (TPSA) is 80.0 Å². The van der Waals surface area contributed by atoms with Crippen LogP contribution in [0.5, 0.6) is 0 Å². The van der Waals surface area contributed by atoms with Gasteiger partial charge in [0.05, 0.1) is 12.2 Å². The van der Waals surface area contributed by atoms with Gasteiger partial charge in [-0.1, -0.05) is 6.07 Å². The lowest BCUT2D eigenvalue weighted by atomic mass is 10.1. The number of carboxylic acids is 1. The second-order valence-electron chi connectivity index (χ2n) is 7.41. The fourth-order valence-corrected chi connectivity index (χ4v) is 3.60. The maximum absolute atomic E-state index is 11.7. The SMILES string of the molecule is O=C(O)c1cc(C2CC2)cnc1Nc1ccc2c(ccn2Cc2ccccn2)c1. The maximum atomic E-state index is 11.7. The van der Waals surface area contributed by atoms with Crippen molar-refractivity contribution in [3.05, 3.63) is 83.9 Å². The van der Waals surface area contributed by atoms with Gasteiger partial charge in [-0.3, -0.25) is 4.98 Å². The highest BCUT2D eigenvalue weighted by Crippen LogP contribution is 2.40. The third-order valence-electron chi connectivity index (χ3n) is 5.28. The third-order valence-corrected chi connectivity index (χ3v) is 5.28. The molecule has 0 bridgehead atoms. The van der Waals surface area contributed by atoms with Gasteiger partial charge in [-0.25, -0.2) is 9.78 Å². The van der Waals surface area contributed by atoms with Crippen LogP contribution in [0.25, 0.3) is 10.9 Å². The lowest BCUT2D eigenvalue weighted by Crippen LogP contribution is -2.06. The number of carbonyl (C=O) groups is 1. The molecule has 3 heterocycles. The first-order chi connectivity index (χ1) is 14.2.